The summed E-state index contributed by atoms with van der Waals surface area (Å²) in [5, 5.41) is 16.2. The summed E-state index contributed by atoms with van der Waals surface area (Å²) < 4.78 is 0. The Morgan fingerprint density at radius 2 is 2.17 bits per heavy atom. The molecule has 0 spiro atoms. The molecule has 1 aliphatic rings. The number of nitrogens with zero attached hydrogens (tertiary/aromatic N) is 2. The predicted octanol–water partition coefficient (Wildman–Crippen LogP) is 2.33. The molecule has 0 radical (unpaired) electrons. The second-order valence-corrected chi connectivity index (χ2v) is 5.40. The Balaban J connectivity index is 2.05. The SMILES string of the molecule is CCCc1n[nH]c(CC2(CC(=O)O)CCCC2)n1. The second kappa shape index (κ2) is 5.50. The second-order valence-electron chi connectivity index (χ2n) is 5.40. The molecule has 1 fully saturated rings. The summed E-state index contributed by atoms with van der Waals surface area (Å²) in [6.45, 7) is 2.10. The number of hydrogen-bond donors (Lipinski definition) is 2. The zero-order chi connectivity index (χ0) is 13.0. The minimum absolute atomic E-state index is 0.102. The van der Waals surface area contributed by atoms with Gasteiger partial charge in [-0.2, -0.15) is 5.10 Å². The van der Waals surface area contributed by atoms with Crippen LogP contribution in [0, 0.1) is 5.41 Å². The van der Waals surface area contributed by atoms with Crippen LogP contribution < -0.4 is 0 Å². The van der Waals surface area contributed by atoms with Crippen molar-refractivity contribution < 1.29 is 9.90 Å². The molecule has 0 saturated heterocycles. The Labute approximate surface area is 107 Å². The molecule has 0 unspecified atom stereocenters. The molecule has 18 heavy (non-hydrogen) atoms. The number of carbonyl (C=O) groups is 1. The van der Waals surface area contributed by atoms with Gasteiger partial charge >= 0.3 is 5.97 Å². The van der Waals surface area contributed by atoms with Crippen LogP contribution in [0.4, 0.5) is 0 Å². The van der Waals surface area contributed by atoms with Crippen molar-refractivity contribution in [2.45, 2.75) is 58.3 Å². The molecule has 1 aromatic rings. The number of hydrogen-bond acceptors (Lipinski definition) is 3. The molecule has 0 aliphatic heterocycles. The highest BCUT2D eigenvalue weighted by Crippen LogP contribution is 2.43. The van der Waals surface area contributed by atoms with Crippen LogP contribution in [0.2, 0.25) is 0 Å². The highest BCUT2D eigenvalue weighted by Gasteiger charge is 2.37. The third-order valence-electron chi connectivity index (χ3n) is 3.78. The minimum atomic E-state index is -0.704. The molecule has 2 rings (SSSR count). The molecule has 2 N–H and O–H groups in total. The van der Waals surface area contributed by atoms with Crippen molar-refractivity contribution in [1.29, 1.82) is 0 Å². The number of H-pyrrole nitrogens is 1. The molecular weight excluding hydrogens is 230 g/mol. The van der Waals surface area contributed by atoms with Gasteiger partial charge in [-0.15, -0.1) is 0 Å². The molecule has 0 aromatic carbocycles. The van der Waals surface area contributed by atoms with Crippen molar-refractivity contribution in [3.05, 3.63) is 11.6 Å². The quantitative estimate of drug-likeness (QED) is 0.813. The van der Waals surface area contributed by atoms with E-state index in [0.29, 0.717) is 0 Å². The first-order valence-corrected chi connectivity index (χ1v) is 6.75. The van der Waals surface area contributed by atoms with E-state index in [1.807, 2.05) is 0 Å². The first-order valence-electron chi connectivity index (χ1n) is 6.75. The first kappa shape index (κ1) is 13.1. The third-order valence-corrected chi connectivity index (χ3v) is 3.78. The maximum atomic E-state index is 11.0. The van der Waals surface area contributed by atoms with Crippen LogP contribution in [0.5, 0.6) is 0 Å². The summed E-state index contributed by atoms with van der Waals surface area (Å²) in [5.41, 5.74) is -0.102. The van der Waals surface area contributed by atoms with Crippen molar-refractivity contribution in [2.24, 2.45) is 5.41 Å². The molecule has 5 nitrogen and oxygen atoms in total. The molecule has 1 saturated carbocycles. The number of rotatable bonds is 6. The van der Waals surface area contributed by atoms with Crippen molar-refractivity contribution in [3.8, 4) is 0 Å². The monoisotopic (exact) mass is 251 g/mol. The lowest BCUT2D eigenvalue weighted by Gasteiger charge is -2.25. The molecular formula is C13H21N3O2. The Morgan fingerprint density at radius 1 is 1.44 bits per heavy atom. The molecule has 1 aliphatic carbocycles. The first-order chi connectivity index (χ1) is 8.63. The van der Waals surface area contributed by atoms with Gasteiger partial charge in [0.1, 0.15) is 5.82 Å². The normalized spacial score (nSPS) is 18.1. The fourth-order valence-electron chi connectivity index (χ4n) is 2.97. The zero-order valence-corrected chi connectivity index (χ0v) is 10.9. The molecule has 100 valence electrons. The maximum absolute atomic E-state index is 11.0. The highest BCUT2D eigenvalue weighted by molar-refractivity contribution is 5.67. The van der Waals surface area contributed by atoms with Gasteiger partial charge in [0.05, 0.1) is 6.42 Å². The topological polar surface area (TPSA) is 78.9 Å². The summed E-state index contributed by atoms with van der Waals surface area (Å²) >= 11 is 0. The van der Waals surface area contributed by atoms with Crippen LogP contribution in [0.3, 0.4) is 0 Å². The fraction of sp³-hybridized carbons (Fsp3) is 0.769. The lowest BCUT2D eigenvalue weighted by atomic mass is 9.79. The van der Waals surface area contributed by atoms with Crippen LogP contribution in [-0.4, -0.2) is 26.3 Å². The van der Waals surface area contributed by atoms with E-state index >= 15 is 0 Å². The highest BCUT2D eigenvalue weighted by atomic mass is 16.4. The van der Waals surface area contributed by atoms with Gasteiger partial charge in [-0.1, -0.05) is 19.8 Å². The Hall–Kier alpha value is -1.39. The summed E-state index contributed by atoms with van der Waals surface area (Å²) in [6.07, 6.45) is 7.10. The van der Waals surface area contributed by atoms with E-state index in [1.54, 1.807) is 0 Å². The van der Waals surface area contributed by atoms with E-state index in [9.17, 15) is 4.79 Å². The summed E-state index contributed by atoms with van der Waals surface area (Å²) in [5.74, 6) is 0.989. The maximum Gasteiger partial charge on any atom is 0.303 e. The van der Waals surface area contributed by atoms with E-state index < -0.39 is 5.97 Å². The van der Waals surface area contributed by atoms with Crippen LogP contribution in [-0.2, 0) is 17.6 Å². The van der Waals surface area contributed by atoms with Gasteiger partial charge in [-0.05, 0) is 24.7 Å². The van der Waals surface area contributed by atoms with Crippen LogP contribution in [0.15, 0.2) is 0 Å². The fourth-order valence-corrected chi connectivity index (χ4v) is 2.97. The smallest absolute Gasteiger partial charge is 0.303 e. The summed E-state index contributed by atoms with van der Waals surface area (Å²) in [6, 6.07) is 0. The average Bonchev–Trinajstić information content (AvgIpc) is 2.89. The van der Waals surface area contributed by atoms with Gasteiger partial charge in [-0.25, -0.2) is 4.98 Å². The van der Waals surface area contributed by atoms with Gasteiger partial charge in [0.2, 0.25) is 0 Å². The number of carboxylic acid groups (broad SMARTS) is 1. The number of aliphatic carboxylic acids is 1. The van der Waals surface area contributed by atoms with Crippen molar-refractivity contribution in [3.63, 3.8) is 0 Å². The number of carboxylic acids is 1. The van der Waals surface area contributed by atoms with E-state index in [2.05, 4.69) is 22.1 Å². The van der Waals surface area contributed by atoms with E-state index in [0.717, 1.165) is 56.6 Å². The Kier molecular flexibility index (Phi) is 3.99. The average molecular weight is 251 g/mol. The van der Waals surface area contributed by atoms with Gasteiger partial charge in [-0.3, -0.25) is 9.89 Å². The number of aryl methyl sites for hydroxylation is 1. The predicted molar refractivity (Wildman–Crippen MR) is 67.2 cm³/mol. The van der Waals surface area contributed by atoms with E-state index in [1.165, 1.54) is 0 Å². The molecule has 5 heteroatoms. The van der Waals surface area contributed by atoms with Crippen LogP contribution >= 0.6 is 0 Å². The largest absolute Gasteiger partial charge is 0.481 e. The molecule has 0 amide bonds. The Morgan fingerprint density at radius 3 is 2.78 bits per heavy atom. The van der Waals surface area contributed by atoms with E-state index in [4.69, 9.17) is 5.11 Å². The number of aromatic nitrogens is 3. The van der Waals surface area contributed by atoms with Crippen LogP contribution in [0.25, 0.3) is 0 Å². The lowest BCUT2D eigenvalue weighted by molar-refractivity contribution is -0.139. The Bertz CT molecular complexity index is 408. The number of aromatic amines is 1. The zero-order valence-electron chi connectivity index (χ0n) is 10.9. The minimum Gasteiger partial charge on any atom is -0.481 e. The lowest BCUT2D eigenvalue weighted by Crippen LogP contribution is -2.24. The van der Waals surface area contributed by atoms with Crippen molar-refractivity contribution in [2.75, 3.05) is 0 Å². The van der Waals surface area contributed by atoms with Gasteiger partial charge in [0, 0.05) is 12.8 Å². The van der Waals surface area contributed by atoms with Crippen molar-refractivity contribution in [1.82, 2.24) is 15.2 Å². The van der Waals surface area contributed by atoms with Gasteiger partial charge in [0.25, 0.3) is 0 Å². The van der Waals surface area contributed by atoms with E-state index in [-0.39, 0.29) is 11.8 Å². The molecule has 0 bridgehead atoms. The molecule has 1 aromatic heterocycles. The standard InChI is InChI=1S/C13H21N3O2/c1-2-5-10-14-11(16-15-10)8-13(9-12(17)18)6-3-4-7-13/h2-9H2,1H3,(H,17,18)(H,14,15,16). The molecule has 0 atom stereocenters. The van der Waals surface area contributed by atoms with Crippen molar-refractivity contribution >= 4 is 5.97 Å². The number of nitrogens with one attached hydrogen (secondary N) is 1. The third kappa shape index (κ3) is 3.09. The summed E-state index contributed by atoms with van der Waals surface area (Å²) in [4.78, 5) is 15.5. The van der Waals surface area contributed by atoms with Crippen LogP contribution in [0.1, 0.15) is 57.1 Å². The van der Waals surface area contributed by atoms with Gasteiger partial charge < -0.3 is 5.11 Å². The summed E-state index contributed by atoms with van der Waals surface area (Å²) in [7, 11) is 0. The van der Waals surface area contributed by atoms with Gasteiger partial charge in [0.15, 0.2) is 5.82 Å². The molecule has 1 heterocycles.